The molecular weight excluding hydrogens is 1600 g/mol. The molecule has 12 atom stereocenters. The molecule has 4 N–H and O–H groups in total. The third kappa shape index (κ3) is 42.0. The number of rotatable bonds is 32. The highest BCUT2D eigenvalue weighted by molar-refractivity contribution is 5.77. The highest BCUT2D eigenvalue weighted by Gasteiger charge is 2.58. The molecule has 0 amide bonds. The molecule has 2 aliphatic rings. The Hall–Kier alpha value is -4.68. The maximum absolute atomic E-state index is 13.1. The number of alkyl halides is 12. The second kappa shape index (κ2) is 49.8. The zero-order valence-electron chi connectivity index (χ0n) is 82.2. The van der Waals surface area contributed by atoms with Crippen molar-refractivity contribution in [1.82, 2.24) is 0 Å². The van der Waals surface area contributed by atoms with E-state index in [4.69, 9.17) is 18.9 Å². The van der Waals surface area contributed by atoms with Gasteiger partial charge in [0.05, 0.1) is 28.3 Å². The molecule has 718 valence electrons. The summed E-state index contributed by atoms with van der Waals surface area (Å²) < 4.78 is 176. The smallest absolute Gasteiger partial charge is 0.421 e. The van der Waals surface area contributed by atoms with Gasteiger partial charge in [-0.05, 0) is 317 Å². The first-order chi connectivity index (χ1) is 54.5. The Balaban J connectivity index is -0.00000136. The molecule has 0 aliphatic heterocycles. The second-order valence-corrected chi connectivity index (χ2v) is 42.3. The molecule has 12 unspecified atom stereocenters. The molecule has 2 aliphatic carbocycles. The van der Waals surface area contributed by atoms with E-state index in [-0.39, 0.29) is 92.7 Å². The number of benzene rings is 2. The predicted molar refractivity (Wildman–Crippen MR) is 470 cm³/mol. The van der Waals surface area contributed by atoms with E-state index in [2.05, 4.69) is 96.9 Å². The third-order valence-corrected chi connectivity index (χ3v) is 24.6. The van der Waals surface area contributed by atoms with Crippen molar-refractivity contribution in [2.45, 2.75) is 436 Å². The lowest BCUT2D eigenvalue weighted by molar-refractivity contribution is -0.261. The van der Waals surface area contributed by atoms with Gasteiger partial charge in [0, 0.05) is 0 Å². The van der Waals surface area contributed by atoms with Crippen molar-refractivity contribution >= 4 is 23.9 Å². The predicted octanol–water partition coefficient (Wildman–Crippen LogP) is 28.8. The minimum atomic E-state index is -5.08. The van der Waals surface area contributed by atoms with Crippen LogP contribution in [-0.2, 0) is 54.9 Å². The quantitative estimate of drug-likeness (QED) is 0.0309. The molecule has 2 aromatic carbocycles. The van der Waals surface area contributed by atoms with Crippen LogP contribution in [0.4, 0.5) is 52.7 Å². The summed E-state index contributed by atoms with van der Waals surface area (Å²) in [4.78, 5) is 47.5. The zero-order chi connectivity index (χ0) is 97.1. The van der Waals surface area contributed by atoms with Crippen molar-refractivity contribution in [3.8, 4) is 0 Å². The van der Waals surface area contributed by atoms with Crippen LogP contribution < -0.4 is 0 Å². The number of carbonyl (C=O) groups is 4. The lowest BCUT2D eigenvalue weighted by Crippen LogP contribution is -2.45. The van der Waals surface area contributed by atoms with Gasteiger partial charge in [-0.3, -0.25) is 19.2 Å². The van der Waals surface area contributed by atoms with Crippen LogP contribution in [-0.4, -0.2) is 99.0 Å². The number of esters is 4. The Bertz CT molecular complexity index is 3260. The zero-order valence-corrected chi connectivity index (χ0v) is 82.2. The van der Waals surface area contributed by atoms with Crippen LogP contribution in [0.15, 0.2) is 42.5 Å². The summed E-state index contributed by atoms with van der Waals surface area (Å²) in [6.07, 6.45) is -5.46. The van der Waals surface area contributed by atoms with Crippen LogP contribution in [0.2, 0.25) is 0 Å². The topological polar surface area (TPSA) is 186 Å². The fourth-order valence-electron chi connectivity index (χ4n) is 13.2. The molecule has 4 rings (SSSR count). The first-order valence-corrected chi connectivity index (χ1v) is 44.8. The van der Waals surface area contributed by atoms with Crippen LogP contribution in [0, 0.1) is 86.3 Å². The van der Waals surface area contributed by atoms with E-state index >= 15 is 0 Å². The first kappa shape index (κ1) is 121. The molecule has 0 radical (unpaired) electrons. The molecule has 2 aromatic rings. The van der Waals surface area contributed by atoms with Crippen molar-refractivity contribution in [3.05, 3.63) is 70.3 Å². The van der Waals surface area contributed by atoms with Crippen LogP contribution in [0.5, 0.6) is 0 Å². The molecule has 24 heteroatoms. The first-order valence-electron chi connectivity index (χ1n) is 44.8. The van der Waals surface area contributed by atoms with E-state index in [0.717, 1.165) is 121 Å². The molecule has 2 bridgehead atoms. The van der Waals surface area contributed by atoms with Crippen molar-refractivity contribution in [3.63, 3.8) is 0 Å². The summed E-state index contributed by atoms with van der Waals surface area (Å²) in [7, 11) is 0. The Kier molecular flexibility index (Phi) is 49.5. The molecule has 0 saturated heterocycles. The van der Waals surface area contributed by atoms with E-state index in [1.54, 1.807) is 26.0 Å². The number of fused-ring (bicyclic) bond motifs is 2. The summed E-state index contributed by atoms with van der Waals surface area (Å²) in [5, 5.41) is 38.7. The minimum absolute atomic E-state index is 0.0347. The van der Waals surface area contributed by atoms with Gasteiger partial charge in [-0.1, -0.05) is 189 Å². The van der Waals surface area contributed by atoms with Gasteiger partial charge in [0.2, 0.25) is 0 Å². The highest BCUT2D eigenvalue weighted by atomic mass is 19.4. The largest absolute Gasteiger partial charge is 0.465 e. The number of aliphatic hydroxyl groups is 4. The molecule has 122 heavy (non-hydrogen) atoms. The maximum atomic E-state index is 13.1. The van der Waals surface area contributed by atoms with E-state index < -0.39 is 58.2 Å². The number of halogens is 12. The fourth-order valence-corrected chi connectivity index (χ4v) is 13.2. The van der Waals surface area contributed by atoms with Gasteiger partial charge >= 0.3 is 48.6 Å². The van der Waals surface area contributed by atoms with Gasteiger partial charge in [0.25, 0.3) is 0 Å². The molecular formula is C98H170F12O12. The Morgan fingerprint density at radius 2 is 0.754 bits per heavy atom. The van der Waals surface area contributed by atoms with E-state index in [1.807, 2.05) is 118 Å². The minimum Gasteiger partial charge on any atom is -0.465 e. The van der Waals surface area contributed by atoms with Gasteiger partial charge in [-0.15, -0.1) is 0 Å². The summed E-state index contributed by atoms with van der Waals surface area (Å²) in [6, 6.07) is 8.57. The summed E-state index contributed by atoms with van der Waals surface area (Å²) in [5.41, 5.74) is -13.9. The summed E-state index contributed by atoms with van der Waals surface area (Å²) >= 11 is 0. The maximum Gasteiger partial charge on any atom is 0.421 e. The normalized spacial score (nSPS) is 19.5. The molecule has 0 aromatic heterocycles. The Morgan fingerprint density at radius 3 is 1.06 bits per heavy atom. The van der Waals surface area contributed by atoms with Gasteiger partial charge in [-0.2, -0.15) is 52.7 Å². The van der Waals surface area contributed by atoms with Crippen molar-refractivity contribution in [2.24, 2.45) is 86.3 Å². The average Bonchev–Trinajstić information content (AvgIpc) is 0.984. The number of hydrogen-bond acceptors (Lipinski definition) is 12. The third-order valence-electron chi connectivity index (χ3n) is 24.6. The standard InChI is InChI=1S/C17H34O2.C16H20F6O2.C15H30O2.C14H28O2.C13H21F3O.C13H17F3O.C10H20O2/c1-8-17(6,7)16(18)19-15(11-9-13(2)3)12-10-14(4)5;1-5-9(2)10-6-11(13(3,23)15(17,18)19)8-12(7-10)14(4,24)16(20,21)22;1-8-15(6,7)14(16)17-13(9-11(2)3)10-12(4)5;1-8-14(6,7)12(15)16-10-11(2)9-13(3,4)5;1-7-8(2)11-5-9(7)4-10(11)6-12(3,17)13(14,15)16;1-4-9(2)10-5-7-11(8-6-10)12(3,17)13(14,15)16;1-7-10(5,6)8(11)12-9(2,3)4/h13-15H,8-12H2,1-7H3;6-9,23-24H,5H2,1-4H3;11-13H,8-10H2,1-7H3;11H,8-10H2,1-7H3;7-11,17H,4-6H2,1-3H3;5-9,17H,4H2,1-3H3;7H2,1-6H3. The van der Waals surface area contributed by atoms with Crippen molar-refractivity contribution in [2.75, 3.05) is 6.61 Å². The van der Waals surface area contributed by atoms with Crippen molar-refractivity contribution < 1.29 is 111 Å². The number of carbonyl (C=O) groups excluding carboxylic acids is 4. The highest BCUT2D eigenvalue weighted by Crippen LogP contribution is 2.58. The fraction of sp³-hybridized carbons (Fsp3) is 0.837. The number of hydrogen-bond donors (Lipinski definition) is 4. The van der Waals surface area contributed by atoms with Crippen molar-refractivity contribution in [1.29, 1.82) is 0 Å². The van der Waals surface area contributed by atoms with Gasteiger partial charge in [0.15, 0.2) is 22.4 Å². The Morgan fingerprint density at radius 1 is 0.410 bits per heavy atom. The lowest BCUT2D eigenvalue weighted by atomic mass is 9.72. The van der Waals surface area contributed by atoms with Gasteiger partial charge in [0.1, 0.15) is 17.8 Å². The molecule has 2 saturated carbocycles. The second-order valence-electron chi connectivity index (χ2n) is 42.3. The van der Waals surface area contributed by atoms with Gasteiger partial charge < -0.3 is 39.4 Å². The van der Waals surface area contributed by atoms with Gasteiger partial charge in [-0.25, -0.2) is 0 Å². The van der Waals surface area contributed by atoms with E-state index in [9.17, 15) is 92.3 Å². The Labute approximate surface area is 730 Å². The van der Waals surface area contributed by atoms with Crippen LogP contribution in [0.3, 0.4) is 0 Å². The molecule has 12 nitrogen and oxygen atoms in total. The molecule has 0 spiro atoms. The lowest BCUT2D eigenvalue weighted by Gasteiger charge is -2.36. The average molecular weight is 1770 g/mol. The summed E-state index contributed by atoms with van der Waals surface area (Å²) in [5.74, 6) is 4.71. The van der Waals surface area contributed by atoms with Crippen LogP contribution in [0.25, 0.3) is 0 Å². The van der Waals surface area contributed by atoms with Crippen LogP contribution >= 0.6 is 0 Å². The SMILES string of the molecule is CC1C2CC(CC(C)(O)C(F)(F)F)C(C2)C1C.CCC(C)(C)C(=O)OC(C)(C)C.CCC(C)(C)C(=O)OC(CC(C)C)CC(C)C.CCC(C)(C)C(=O)OC(CCC(C)C)CCC(C)C.CCC(C)(C)C(=O)OCC(C)CC(C)(C)C.CCC(C)c1cc(C(C)(O)C(F)(F)F)cc(C(C)(O)C(F)(F)F)c1.CCC(C)c1ccc(C(C)(O)C(F)(F)F)cc1. The van der Waals surface area contributed by atoms with Crippen LogP contribution in [0.1, 0.15) is 399 Å². The molecule has 2 fully saturated rings. The van der Waals surface area contributed by atoms with E-state index in [0.29, 0.717) is 97.5 Å². The summed E-state index contributed by atoms with van der Waals surface area (Å²) in [6.45, 7) is 70.5. The van der Waals surface area contributed by atoms with E-state index in [1.165, 1.54) is 12.1 Å². The number of ether oxygens (including phenoxy) is 4. The monoisotopic (exact) mass is 1770 g/mol. The molecule has 0 heterocycles.